The van der Waals surface area contributed by atoms with Crippen molar-refractivity contribution in [2.45, 2.75) is 29.1 Å². The fraction of sp³-hybridized carbons (Fsp3) is 0.300. The Labute approximate surface area is 166 Å². The third-order valence-corrected chi connectivity index (χ3v) is 7.33. The zero-order valence-corrected chi connectivity index (χ0v) is 16.8. The second kappa shape index (κ2) is 6.84. The summed E-state index contributed by atoms with van der Waals surface area (Å²) in [6.07, 6.45) is 2.49. The van der Waals surface area contributed by atoms with E-state index in [4.69, 9.17) is 0 Å². The molecule has 0 bridgehead atoms. The van der Waals surface area contributed by atoms with Gasteiger partial charge in [0.2, 0.25) is 15.7 Å². The van der Waals surface area contributed by atoms with Crippen LogP contribution in [0.4, 0.5) is 10.1 Å². The van der Waals surface area contributed by atoms with Crippen molar-refractivity contribution in [1.29, 1.82) is 0 Å². The average molecular weight is 417 g/mol. The van der Waals surface area contributed by atoms with Gasteiger partial charge in [-0.1, -0.05) is 6.42 Å². The van der Waals surface area contributed by atoms with Crippen molar-refractivity contribution in [2.24, 2.45) is 20.0 Å². The summed E-state index contributed by atoms with van der Waals surface area (Å²) in [5.41, 5.74) is 0.715. The van der Waals surface area contributed by atoms with Crippen LogP contribution in [-0.2, 0) is 28.7 Å². The van der Waals surface area contributed by atoms with E-state index in [1.165, 1.54) is 33.4 Å². The highest BCUT2D eigenvalue weighted by molar-refractivity contribution is 7.91. The SMILES string of the molecule is Cn1c(=O)n(C)c2cc(S(=O)(=O)c3ccc(F)cc3)c(NC(=O)C3CCC3)cc21. The molecule has 3 aromatic rings. The molecule has 1 aliphatic carbocycles. The van der Waals surface area contributed by atoms with Gasteiger partial charge in [-0.25, -0.2) is 17.6 Å². The molecule has 7 nitrogen and oxygen atoms in total. The fourth-order valence-electron chi connectivity index (χ4n) is 3.49. The number of anilines is 1. The molecule has 1 aliphatic rings. The summed E-state index contributed by atoms with van der Waals surface area (Å²) in [5.74, 6) is -0.942. The lowest BCUT2D eigenvalue weighted by molar-refractivity contribution is -0.122. The van der Waals surface area contributed by atoms with Gasteiger partial charge < -0.3 is 5.32 Å². The molecule has 0 atom stereocenters. The van der Waals surface area contributed by atoms with Crippen LogP contribution < -0.4 is 11.0 Å². The number of carbonyl (C=O) groups is 1. The third kappa shape index (κ3) is 3.15. The molecule has 0 radical (unpaired) electrons. The standard InChI is InChI=1S/C20H20FN3O4S/c1-23-16-10-15(22-19(25)12-4-3-5-12)18(11-17(16)24(2)20(23)26)29(27,28)14-8-6-13(21)7-9-14/h6-12H,3-5H2,1-2H3,(H,22,25). The van der Waals surface area contributed by atoms with Crippen molar-refractivity contribution in [3.8, 4) is 0 Å². The first-order valence-corrected chi connectivity index (χ1v) is 10.7. The van der Waals surface area contributed by atoms with Crippen molar-refractivity contribution in [2.75, 3.05) is 5.32 Å². The maximum atomic E-state index is 13.3. The molecule has 0 unspecified atom stereocenters. The number of halogens is 1. The van der Waals surface area contributed by atoms with E-state index in [1.54, 1.807) is 14.1 Å². The van der Waals surface area contributed by atoms with Crippen molar-refractivity contribution < 1.29 is 17.6 Å². The van der Waals surface area contributed by atoms with E-state index in [9.17, 15) is 22.4 Å². The summed E-state index contributed by atoms with van der Waals surface area (Å²) in [7, 11) is -0.937. The Kier molecular flexibility index (Phi) is 4.57. The highest BCUT2D eigenvalue weighted by Crippen LogP contribution is 2.34. The summed E-state index contributed by atoms with van der Waals surface area (Å²) in [6.45, 7) is 0. The first-order chi connectivity index (χ1) is 13.7. The first-order valence-electron chi connectivity index (χ1n) is 9.21. The molecule has 1 aromatic heterocycles. The van der Waals surface area contributed by atoms with Crippen LogP contribution in [0, 0.1) is 11.7 Å². The number of hydrogen-bond donors (Lipinski definition) is 1. The summed E-state index contributed by atoms with van der Waals surface area (Å²) < 4.78 is 42.6. The van der Waals surface area contributed by atoms with E-state index in [-0.39, 0.29) is 33.0 Å². The van der Waals surface area contributed by atoms with Gasteiger partial charge in [-0.2, -0.15) is 0 Å². The molecule has 4 rings (SSSR count). The molecule has 1 saturated carbocycles. The monoisotopic (exact) mass is 417 g/mol. The van der Waals surface area contributed by atoms with Gasteiger partial charge in [-0.05, 0) is 49.2 Å². The number of aryl methyl sites for hydroxylation is 2. The Morgan fingerprint density at radius 2 is 1.66 bits per heavy atom. The minimum Gasteiger partial charge on any atom is -0.325 e. The molecule has 2 aromatic carbocycles. The second-order valence-electron chi connectivity index (χ2n) is 7.31. The number of aromatic nitrogens is 2. The van der Waals surface area contributed by atoms with Gasteiger partial charge in [0.1, 0.15) is 5.82 Å². The summed E-state index contributed by atoms with van der Waals surface area (Å²) in [4.78, 5) is 24.6. The van der Waals surface area contributed by atoms with Crippen LogP contribution in [-0.4, -0.2) is 23.5 Å². The van der Waals surface area contributed by atoms with Gasteiger partial charge >= 0.3 is 5.69 Å². The summed E-state index contributed by atoms with van der Waals surface area (Å²) in [6, 6.07) is 7.37. The topological polar surface area (TPSA) is 90.2 Å². The van der Waals surface area contributed by atoms with E-state index in [1.807, 2.05) is 0 Å². The van der Waals surface area contributed by atoms with Gasteiger partial charge in [-0.3, -0.25) is 13.9 Å². The zero-order valence-electron chi connectivity index (χ0n) is 16.0. The van der Waals surface area contributed by atoms with Gasteiger partial charge in [-0.15, -0.1) is 0 Å². The summed E-state index contributed by atoms with van der Waals surface area (Å²) >= 11 is 0. The normalized spacial score (nSPS) is 14.7. The van der Waals surface area contributed by atoms with E-state index >= 15 is 0 Å². The number of fused-ring (bicyclic) bond motifs is 1. The lowest BCUT2D eigenvalue weighted by Crippen LogP contribution is -2.28. The maximum absolute atomic E-state index is 13.3. The number of nitrogens with one attached hydrogen (secondary N) is 1. The third-order valence-electron chi connectivity index (χ3n) is 5.52. The molecule has 9 heteroatoms. The number of benzene rings is 2. The molecule has 1 fully saturated rings. The van der Waals surface area contributed by atoms with E-state index in [0.29, 0.717) is 11.0 Å². The van der Waals surface area contributed by atoms with Crippen molar-refractivity contribution in [3.05, 3.63) is 52.7 Å². The number of carbonyl (C=O) groups excluding carboxylic acids is 1. The Hall–Kier alpha value is -2.94. The molecule has 0 aliphatic heterocycles. The van der Waals surface area contributed by atoms with E-state index in [0.717, 1.165) is 31.4 Å². The van der Waals surface area contributed by atoms with Crippen molar-refractivity contribution in [1.82, 2.24) is 9.13 Å². The van der Waals surface area contributed by atoms with Crippen LogP contribution in [0.5, 0.6) is 0 Å². The lowest BCUT2D eigenvalue weighted by atomic mass is 9.85. The minimum absolute atomic E-state index is 0.0988. The number of sulfone groups is 1. The Morgan fingerprint density at radius 3 is 2.21 bits per heavy atom. The fourth-order valence-corrected chi connectivity index (χ4v) is 4.91. The van der Waals surface area contributed by atoms with Gasteiger partial charge in [0.25, 0.3) is 0 Å². The first kappa shape index (κ1) is 19.4. The Morgan fingerprint density at radius 1 is 1.07 bits per heavy atom. The zero-order chi connectivity index (χ0) is 20.9. The Bertz CT molecular complexity index is 1290. The van der Waals surface area contributed by atoms with Gasteiger partial charge in [0.05, 0.1) is 26.5 Å². The smallest absolute Gasteiger partial charge is 0.325 e. The molecule has 0 spiro atoms. The van der Waals surface area contributed by atoms with Crippen LogP contribution in [0.3, 0.4) is 0 Å². The molecule has 1 N–H and O–H groups in total. The minimum atomic E-state index is -4.06. The molecular formula is C20H20FN3O4S. The van der Waals surface area contributed by atoms with Crippen LogP contribution in [0.1, 0.15) is 19.3 Å². The molecular weight excluding hydrogens is 397 g/mol. The summed E-state index contributed by atoms with van der Waals surface area (Å²) in [5, 5.41) is 2.73. The van der Waals surface area contributed by atoms with Gasteiger partial charge in [0, 0.05) is 20.0 Å². The number of nitrogens with zero attached hydrogens (tertiary/aromatic N) is 2. The number of hydrogen-bond acceptors (Lipinski definition) is 4. The molecule has 1 heterocycles. The highest BCUT2D eigenvalue weighted by atomic mass is 32.2. The predicted molar refractivity (Wildman–Crippen MR) is 106 cm³/mol. The van der Waals surface area contributed by atoms with Crippen molar-refractivity contribution in [3.63, 3.8) is 0 Å². The van der Waals surface area contributed by atoms with Crippen LogP contribution in [0.25, 0.3) is 11.0 Å². The van der Waals surface area contributed by atoms with E-state index < -0.39 is 15.7 Å². The van der Waals surface area contributed by atoms with Crippen LogP contribution >= 0.6 is 0 Å². The Balaban J connectivity index is 1.93. The lowest BCUT2D eigenvalue weighted by Gasteiger charge is -2.24. The average Bonchev–Trinajstić information content (AvgIpc) is 2.84. The number of amides is 1. The highest BCUT2D eigenvalue weighted by Gasteiger charge is 2.29. The predicted octanol–water partition coefficient (Wildman–Crippen LogP) is 2.59. The number of imidazole rings is 1. The van der Waals surface area contributed by atoms with Crippen LogP contribution in [0.15, 0.2) is 51.0 Å². The molecule has 29 heavy (non-hydrogen) atoms. The maximum Gasteiger partial charge on any atom is 0.328 e. The quantitative estimate of drug-likeness (QED) is 0.661. The number of rotatable bonds is 4. The molecule has 0 saturated heterocycles. The second-order valence-corrected chi connectivity index (χ2v) is 9.23. The molecule has 1 amide bonds. The largest absolute Gasteiger partial charge is 0.328 e. The van der Waals surface area contributed by atoms with Crippen molar-refractivity contribution >= 4 is 32.5 Å². The van der Waals surface area contributed by atoms with Gasteiger partial charge in [0.15, 0.2) is 0 Å². The molecule has 152 valence electrons. The van der Waals surface area contributed by atoms with E-state index in [2.05, 4.69) is 5.32 Å². The van der Waals surface area contributed by atoms with Crippen LogP contribution in [0.2, 0.25) is 0 Å².